The second kappa shape index (κ2) is 4.81. The summed E-state index contributed by atoms with van der Waals surface area (Å²) in [6.45, 7) is 0. The zero-order valence-electron chi connectivity index (χ0n) is 9.75. The van der Waals surface area contributed by atoms with E-state index in [1.54, 1.807) is 12.4 Å². The van der Waals surface area contributed by atoms with Crippen LogP contribution in [-0.2, 0) is 0 Å². The van der Waals surface area contributed by atoms with Crippen molar-refractivity contribution < 1.29 is 4.74 Å². The van der Waals surface area contributed by atoms with E-state index in [-0.39, 0.29) is 5.95 Å². The van der Waals surface area contributed by atoms with Crippen LogP contribution < -0.4 is 10.5 Å². The van der Waals surface area contributed by atoms with Crippen LogP contribution in [0.4, 0.5) is 5.95 Å². The predicted octanol–water partition coefficient (Wildman–Crippen LogP) is 3.16. The van der Waals surface area contributed by atoms with E-state index >= 15 is 0 Å². The van der Waals surface area contributed by atoms with E-state index in [2.05, 4.69) is 30.9 Å². The van der Waals surface area contributed by atoms with Crippen molar-refractivity contribution in [2.45, 2.75) is 0 Å². The van der Waals surface area contributed by atoms with Gasteiger partial charge in [0, 0.05) is 17.6 Å². The first-order valence-corrected chi connectivity index (χ1v) is 6.32. The van der Waals surface area contributed by atoms with E-state index < -0.39 is 0 Å². The molecule has 2 heterocycles. The summed E-state index contributed by atoms with van der Waals surface area (Å²) in [5.74, 6) is 1.19. The number of pyridine rings is 1. The second-order valence-corrected chi connectivity index (χ2v) is 4.70. The number of benzene rings is 1. The van der Waals surface area contributed by atoms with Gasteiger partial charge in [0.1, 0.15) is 5.75 Å². The molecule has 0 saturated carbocycles. The molecule has 6 heteroatoms. The smallest absolute Gasteiger partial charge is 0.238 e. The average molecular weight is 317 g/mol. The summed E-state index contributed by atoms with van der Waals surface area (Å²) in [7, 11) is 0. The lowest BCUT2D eigenvalue weighted by Gasteiger charge is -2.07. The van der Waals surface area contributed by atoms with E-state index in [1.165, 1.54) is 0 Å². The van der Waals surface area contributed by atoms with Gasteiger partial charge in [-0.25, -0.2) is 4.98 Å². The van der Waals surface area contributed by atoms with Gasteiger partial charge in [-0.1, -0.05) is 6.07 Å². The Balaban J connectivity index is 1.98. The number of aromatic nitrogens is 3. The summed E-state index contributed by atoms with van der Waals surface area (Å²) in [6, 6.07) is 9.53. The molecule has 19 heavy (non-hydrogen) atoms. The van der Waals surface area contributed by atoms with Gasteiger partial charge in [0.15, 0.2) is 0 Å². The molecule has 3 rings (SSSR count). The minimum absolute atomic E-state index is 0.164. The first-order chi connectivity index (χ1) is 9.22. The molecule has 0 atom stereocenters. The van der Waals surface area contributed by atoms with Crippen LogP contribution in [0, 0.1) is 0 Å². The van der Waals surface area contributed by atoms with Crippen LogP contribution >= 0.6 is 15.9 Å². The van der Waals surface area contributed by atoms with Crippen molar-refractivity contribution in [2.75, 3.05) is 5.73 Å². The molecule has 0 fully saturated rings. The van der Waals surface area contributed by atoms with Crippen LogP contribution in [0.1, 0.15) is 0 Å². The lowest BCUT2D eigenvalue weighted by Crippen LogP contribution is -1.97. The van der Waals surface area contributed by atoms with Crippen LogP contribution in [0.25, 0.3) is 10.9 Å². The summed E-state index contributed by atoms with van der Waals surface area (Å²) in [4.78, 5) is 12.2. The highest BCUT2D eigenvalue weighted by atomic mass is 79.9. The SMILES string of the molecule is Nc1ncc(Br)c(Oc2ccc3cccnc3c2)n1. The van der Waals surface area contributed by atoms with Crippen molar-refractivity contribution >= 4 is 32.8 Å². The highest BCUT2D eigenvalue weighted by Gasteiger charge is 2.07. The number of nitrogen functional groups attached to an aromatic ring is 1. The van der Waals surface area contributed by atoms with Crippen molar-refractivity contribution in [3.63, 3.8) is 0 Å². The number of nitrogens with zero attached hydrogens (tertiary/aromatic N) is 3. The van der Waals surface area contributed by atoms with Crippen LogP contribution in [0.15, 0.2) is 47.2 Å². The van der Waals surface area contributed by atoms with E-state index in [0.717, 1.165) is 10.9 Å². The largest absolute Gasteiger partial charge is 0.438 e. The van der Waals surface area contributed by atoms with E-state index in [4.69, 9.17) is 10.5 Å². The molecule has 1 aromatic carbocycles. The van der Waals surface area contributed by atoms with Gasteiger partial charge in [-0.2, -0.15) is 4.98 Å². The third-order valence-corrected chi connectivity index (χ3v) is 3.07. The zero-order chi connectivity index (χ0) is 13.2. The Hall–Kier alpha value is -2.21. The van der Waals surface area contributed by atoms with E-state index in [1.807, 2.05) is 30.3 Å². The van der Waals surface area contributed by atoms with Crippen molar-refractivity contribution in [2.24, 2.45) is 0 Å². The third-order valence-electron chi connectivity index (χ3n) is 2.52. The molecule has 0 aliphatic heterocycles. The summed E-state index contributed by atoms with van der Waals surface area (Å²) < 4.78 is 6.32. The number of anilines is 1. The minimum Gasteiger partial charge on any atom is -0.438 e. The molecule has 2 N–H and O–H groups in total. The van der Waals surface area contributed by atoms with Crippen molar-refractivity contribution in [3.8, 4) is 11.6 Å². The Kier molecular flexibility index (Phi) is 3.00. The Labute approximate surface area is 117 Å². The molecule has 0 unspecified atom stereocenters. The molecule has 0 radical (unpaired) electrons. The highest BCUT2D eigenvalue weighted by molar-refractivity contribution is 9.10. The highest BCUT2D eigenvalue weighted by Crippen LogP contribution is 2.28. The zero-order valence-corrected chi connectivity index (χ0v) is 11.3. The standard InChI is InChI=1S/C13H9BrN4O/c14-10-7-17-13(15)18-12(10)19-9-4-3-8-2-1-5-16-11(8)6-9/h1-7H,(H2,15,17,18). The van der Waals surface area contributed by atoms with Crippen molar-refractivity contribution in [1.82, 2.24) is 15.0 Å². The summed E-state index contributed by atoms with van der Waals surface area (Å²) in [5, 5.41) is 1.05. The molecular weight excluding hydrogens is 308 g/mol. The first-order valence-electron chi connectivity index (χ1n) is 5.53. The summed E-state index contributed by atoms with van der Waals surface area (Å²) in [6.07, 6.45) is 3.29. The fourth-order valence-electron chi connectivity index (χ4n) is 1.66. The average Bonchev–Trinajstić information content (AvgIpc) is 2.43. The van der Waals surface area contributed by atoms with Gasteiger partial charge >= 0.3 is 0 Å². The number of rotatable bonds is 2. The predicted molar refractivity (Wildman–Crippen MR) is 76.0 cm³/mol. The molecule has 2 aromatic heterocycles. The quantitative estimate of drug-likeness (QED) is 0.786. The van der Waals surface area contributed by atoms with Crippen molar-refractivity contribution in [3.05, 3.63) is 47.2 Å². The van der Waals surface area contributed by atoms with Crippen LogP contribution in [0.5, 0.6) is 11.6 Å². The Morgan fingerprint density at radius 3 is 2.95 bits per heavy atom. The summed E-state index contributed by atoms with van der Waals surface area (Å²) >= 11 is 3.32. The lowest BCUT2D eigenvalue weighted by atomic mass is 10.2. The Bertz CT molecular complexity index is 748. The topological polar surface area (TPSA) is 73.9 Å². The van der Waals surface area contributed by atoms with Crippen LogP contribution in [-0.4, -0.2) is 15.0 Å². The minimum atomic E-state index is 0.164. The second-order valence-electron chi connectivity index (χ2n) is 3.84. The molecule has 3 aromatic rings. The van der Waals surface area contributed by atoms with Crippen molar-refractivity contribution in [1.29, 1.82) is 0 Å². The maximum absolute atomic E-state index is 5.68. The first kappa shape index (κ1) is 11.9. The fourth-order valence-corrected chi connectivity index (χ4v) is 1.93. The normalized spacial score (nSPS) is 10.6. The molecule has 0 aliphatic carbocycles. The van der Waals surface area contributed by atoms with E-state index in [9.17, 15) is 0 Å². The molecule has 94 valence electrons. The fraction of sp³-hybridized carbons (Fsp3) is 0. The molecule has 0 amide bonds. The summed E-state index contributed by atoms with van der Waals surface area (Å²) in [5.41, 5.74) is 6.40. The van der Waals surface area contributed by atoms with E-state index in [0.29, 0.717) is 16.1 Å². The van der Waals surface area contributed by atoms with Gasteiger partial charge in [0.2, 0.25) is 11.8 Å². The van der Waals surface area contributed by atoms with Gasteiger partial charge < -0.3 is 10.5 Å². The molecule has 0 aliphatic rings. The van der Waals surface area contributed by atoms with Gasteiger partial charge in [-0.3, -0.25) is 4.98 Å². The van der Waals surface area contributed by atoms with Gasteiger partial charge in [-0.15, -0.1) is 0 Å². The molecule has 0 saturated heterocycles. The Morgan fingerprint density at radius 2 is 2.05 bits per heavy atom. The number of halogens is 1. The van der Waals surface area contributed by atoms with Gasteiger partial charge in [0.05, 0.1) is 16.2 Å². The maximum Gasteiger partial charge on any atom is 0.238 e. The molecule has 0 bridgehead atoms. The molecule has 5 nitrogen and oxygen atoms in total. The van der Waals surface area contributed by atoms with Crippen LogP contribution in [0.3, 0.4) is 0 Å². The number of ether oxygens (including phenoxy) is 1. The molecule has 0 spiro atoms. The number of fused-ring (bicyclic) bond motifs is 1. The monoisotopic (exact) mass is 316 g/mol. The Morgan fingerprint density at radius 1 is 1.16 bits per heavy atom. The number of nitrogens with two attached hydrogens (primary N) is 1. The van der Waals surface area contributed by atoms with Gasteiger partial charge in [-0.05, 0) is 34.1 Å². The number of hydrogen-bond donors (Lipinski definition) is 1. The maximum atomic E-state index is 5.68. The molecular formula is C13H9BrN4O. The number of hydrogen-bond acceptors (Lipinski definition) is 5. The lowest BCUT2D eigenvalue weighted by molar-refractivity contribution is 0.460. The van der Waals surface area contributed by atoms with Gasteiger partial charge in [0.25, 0.3) is 0 Å². The van der Waals surface area contributed by atoms with Crippen LogP contribution in [0.2, 0.25) is 0 Å². The third kappa shape index (κ3) is 2.48.